The van der Waals surface area contributed by atoms with Gasteiger partial charge in [0.15, 0.2) is 11.6 Å². The zero-order valence-corrected chi connectivity index (χ0v) is 13.9. The zero-order valence-electron chi connectivity index (χ0n) is 12.4. The number of nitrogens with two attached hydrogens (primary N) is 1. The predicted octanol–water partition coefficient (Wildman–Crippen LogP) is 5.52. The van der Waals surface area contributed by atoms with Crippen LogP contribution in [0.1, 0.15) is 43.9 Å². The van der Waals surface area contributed by atoms with Crippen molar-refractivity contribution in [2.75, 3.05) is 0 Å². The first kappa shape index (κ1) is 16.0. The van der Waals surface area contributed by atoms with Gasteiger partial charge in [0.2, 0.25) is 0 Å². The topological polar surface area (TPSA) is 35.2 Å². The van der Waals surface area contributed by atoms with Gasteiger partial charge in [-0.25, -0.2) is 4.39 Å². The van der Waals surface area contributed by atoms with Crippen molar-refractivity contribution >= 4 is 15.9 Å². The number of rotatable bonds is 4. The van der Waals surface area contributed by atoms with E-state index in [2.05, 4.69) is 29.8 Å². The maximum Gasteiger partial charge on any atom is 0.167 e. The summed E-state index contributed by atoms with van der Waals surface area (Å²) in [4.78, 5) is 0. The van der Waals surface area contributed by atoms with Gasteiger partial charge in [-0.1, -0.05) is 41.9 Å². The van der Waals surface area contributed by atoms with Gasteiger partial charge in [0, 0.05) is 16.1 Å². The average molecular weight is 352 g/mol. The van der Waals surface area contributed by atoms with Crippen LogP contribution in [0.4, 0.5) is 4.39 Å². The van der Waals surface area contributed by atoms with Crippen molar-refractivity contribution in [1.29, 1.82) is 0 Å². The summed E-state index contributed by atoms with van der Waals surface area (Å²) in [7, 11) is 0. The smallest absolute Gasteiger partial charge is 0.167 e. The van der Waals surface area contributed by atoms with Crippen LogP contribution in [0.15, 0.2) is 40.9 Å². The minimum atomic E-state index is -0.401. The average Bonchev–Trinajstić information content (AvgIpc) is 2.42. The van der Waals surface area contributed by atoms with Gasteiger partial charge in [-0.3, -0.25) is 0 Å². The van der Waals surface area contributed by atoms with E-state index in [1.165, 1.54) is 6.07 Å². The van der Waals surface area contributed by atoms with E-state index < -0.39 is 5.82 Å². The van der Waals surface area contributed by atoms with E-state index in [0.29, 0.717) is 11.3 Å². The molecule has 2 nitrogen and oxygen atoms in total. The molecular formula is C17H19BrFNO. The molecule has 2 aromatic carbocycles. The van der Waals surface area contributed by atoms with E-state index in [1.807, 2.05) is 25.1 Å². The molecule has 0 amide bonds. The lowest BCUT2D eigenvalue weighted by atomic mass is 10.0. The first-order valence-corrected chi connectivity index (χ1v) is 7.70. The Kier molecular flexibility index (Phi) is 5.01. The summed E-state index contributed by atoms with van der Waals surface area (Å²) in [5.74, 6) is 0.724. The molecule has 1 atom stereocenters. The summed E-state index contributed by atoms with van der Waals surface area (Å²) in [6.45, 7) is 5.96. The number of para-hydroxylation sites is 1. The Balaban J connectivity index is 2.48. The minimum Gasteiger partial charge on any atom is -0.454 e. The second-order valence-corrected chi connectivity index (χ2v) is 6.30. The molecule has 0 bridgehead atoms. The van der Waals surface area contributed by atoms with Crippen molar-refractivity contribution in [1.82, 2.24) is 0 Å². The maximum atomic E-state index is 14.1. The van der Waals surface area contributed by atoms with Crippen molar-refractivity contribution < 1.29 is 9.13 Å². The van der Waals surface area contributed by atoms with Crippen LogP contribution in [-0.2, 0) is 0 Å². The fraction of sp³-hybridized carbons (Fsp3) is 0.294. The number of hydrogen-bond donors (Lipinski definition) is 1. The highest BCUT2D eigenvalue weighted by atomic mass is 79.9. The Morgan fingerprint density at radius 1 is 1.10 bits per heavy atom. The Hall–Kier alpha value is -1.39. The van der Waals surface area contributed by atoms with E-state index in [0.717, 1.165) is 10.0 Å². The molecule has 2 N–H and O–H groups in total. The first-order chi connectivity index (χ1) is 9.90. The standard InChI is InChI=1S/C17H19BrFNO/c1-10(2)14-9-12(18)7-8-16(14)21-17-13(11(3)20)5-4-6-15(17)19/h4-11H,20H2,1-3H3/t11-/m1/s1. The van der Waals surface area contributed by atoms with E-state index in [9.17, 15) is 4.39 Å². The van der Waals surface area contributed by atoms with Crippen molar-refractivity contribution in [3.63, 3.8) is 0 Å². The SMILES string of the molecule is CC(C)c1cc(Br)ccc1Oc1c(F)cccc1[C@@H](C)N. The van der Waals surface area contributed by atoms with Crippen LogP contribution in [0.2, 0.25) is 0 Å². The molecule has 0 fully saturated rings. The van der Waals surface area contributed by atoms with Gasteiger partial charge < -0.3 is 10.5 Å². The summed E-state index contributed by atoms with van der Waals surface area (Å²) >= 11 is 3.45. The molecule has 0 aliphatic rings. The maximum absolute atomic E-state index is 14.1. The van der Waals surface area contributed by atoms with Crippen LogP contribution in [0, 0.1) is 5.82 Å². The molecular weight excluding hydrogens is 333 g/mol. The molecule has 0 aromatic heterocycles. The van der Waals surface area contributed by atoms with E-state index in [4.69, 9.17) is 10.5 Å². The molecule has 0 saturated carbocycles. The van der Waals surface area contributed by atoms with Crippen LogP contribution >= 0.6 is 15.9 Å². The minimum absolute atomic E-state index is 0.205. The third-order valence-corrected chi connectivity index (χ3v) is 3.79. The van der Waals surface area contributed by atoms with Gasteiger partial charge in [-0.15, -0.1) is 0 Å². The second kappa shape index (κ2) is 6.58. The van der Waals surface area contributed by atoms with Crippen LogP contribution in [0.3, 0.4) is 0 Å². The molecule has 0 spiro atoms. The lowest BCUT2D eigenvalue weighted by Crippen LogP contribution is -2.08. The molecule has 0 aliphatic heterocycles. The monoisotopic (exact) mass is 351 g/mol. The third kappa shape index (κ3) is 3.63. The molecule has 0 unspecified atom stereocenters. The van der Waals surface area contributed by atoms with Gasteiger partial charge in [0.25, 0.3) is 0 Å². The Labute approximate surface area is 133 Å². The Bertz CT molecular complexity index is 641. The van der Waals surface area contributed by atoms with Crippen LogP contribution in [0.5, 0.6) is 11.5 Å². The van der Waals surface area contributed by atoms with E-state index in [-0.39, 0.29) is 17.7 Å². The molecule has 112 valence electrons. The summed E-state index contributed by atoms with van der Waals surface area (Å²) in [6.07, 6.45) is 0. The van der Waals surface area contributed by atoms with Crippen molar-refractivity contribution in [2.24, 2.45) is 5.73 Å². The molecule has 4 heteroatoms. The van der Waals surface area contributed by atoms with Crippen molar-refractivity contribution in [2.45, 2.75) is 32.7 Å². The number of hydrogen-bond acceptors (Lipinski definition) is 2. The lowest BCUT2D eigenvalue weighted by molar-refractivity contribution is 0.426. The van der Waals surface area contributed by atoms with Crippen molar-refractivity contribution in [3.05, 3.63) is 57.8 Å². The highest BCUT2D eigenvalue weighted by Crippen LogP contribution is 2.36. The highest BCUT2D eigenvalue weighted by molar-refractivity contribution is 9.10. The molecule has 0 aliphatic carbocycles. The van der Waals surface area contributed by atoms with Crippen LogP contribution in [0.25, 0.3) is 0 Å². The second-order valence-electron chi connectivity index (χ2n) is 5.39. The van der Waals surface area contributed by atoms with Crippen molar-refractivity contribution in [3.8, 4) is 11.5 Å². The summed E-state index contributed by atoms with van der Waals surface area (Å²) in [6, 6.07) is 10.2. The number of ether oxygens (including phenoxy) is 1. The number of benzene rings is 2. The molecule has 2 rings (SSSR count). The van der Waals surface area contributed by atoms with Crippen LogP contribution in [-0.4, -0.2) is 0 Å². The van der Waals surface area contributed by atoms with Gasteiger partial charge in [-0.05, 0) is 42.7 Å². The molecule has 2 aromatic rings. The molecule has 21 heavy (non-hydrogen) atoms. The number of halogens is 2. The Morgan fingerprint density at radius 2 is 1.81 bits per heavy atom. The first-order valence-electron chi connectivity index (χ1n) is 6.91. The quantitative estimate of drug-likeness (QED) is 0.786. The lowest BCUT2D eigenvalue weighted by Gasteiger charge is -2.18. The normalized spacial score (nSPS) is 12.5. The Morgan fingerprint density at radius 3 is 2.43 bits per heavy atom. The largest absolute Gasteiger partial charge is 0.454 e. The molecule has 0 radical (unpaired) electrons. The predicted molar refractivity (Wildman–Crippen MR) is 87.3 cm³/mol. The fourth-order valence-corrected chi connectivity index (χ4v) is 2.54. The third-order valence-electron chi connectivity index (χ3n) is 3.29. The fourth-order valence-electron chi connectivity index (χ4n) is 2.17. The zero-order chi connectivity index (χ0) is 15.6. The van der Waals surface area contributed by atoms with Gasteiger partial charge >= 0.3 is 0 Å². The summed E-state index contributed by atoms with van der Waals surface area (Å²) in [5.41, 5.74) is 7.58. The molecule has 0 heterocycles. The van der Waals surface area contributed by atoms with E-state index >= 15 is 0 Å². The highest BCUT2D eigenvalue weighted by Gasteiger charge is 2.16. The van der Waals surface area contributed by atoms with Gasteiger partial charge in [0.05, 0.1) is 0 Å². The summed E-state index contributed by atoms with van der Waals surface area (Å²) in [5, 5.41) is 0. The van der Waals surface area contributed by atoms with Crippen LogP contribution < -0.4 is 10.5 Å². The van der Waals surface area contributed by atoms with E-state index in [1.54, 1.807) is 12.1 Å². The van der Waals surface area contributed by atoms with Gasteiger partial charge in [-0.2, -0.15) is 0 Å². The molecule has 0 saturated heterocycles. The van der Waals surface area contributed by atoms with Gasteiger partial charge in [0.1, 0.15) is 5.75 Å². The summed E-state index contributed by atoms with van der Waals surface area (Å²) < 4.78 is 21.0.